The van der Waals surface area contributed by atoms with E-state index in [1.807, 2.05) is 17.0 Å². The minimum absolute atomic E-state index is 0.0822. The van der Waals surface area contributed by atoms with Gasteiger partial charge in [-0.1, -0.05) is 42.5 Å². The lowest BCUT2D eigenvalue weighted by molar-refractivity contribution is -0.135. The first-order chi connectivity index (χ1) is 13.1. The summed E-state index contributed by atoms with van der Waals surface area (Å²) in [6, 6.07) is 14.8. The van der Waals surface area contributed by atoms with Gasteiger partial charge in [-0.3, -0.25) is 9.59 Å². The number of amides is 2. The molecule has 2 atom stereocenters. The maximum atomic E-state index is 13.6. The van der Waals surface area contributed by atoms with Gasteiger partial charge in [0, 0.05) is 19.6 Å². The average Bonchev–Trinajstić information content (AvgIpc) is 3.49. The Hall–Kier alpha value is -2.69. The van der Waals surface area contributed by atoms with Gasteiger partial charge in [0.2, 0.25) is 11.8 Å². The van der Waals surface area contributed by atoms with Gasteiger partial charge in [0.05, 0.1) is 11.8 Å². The third-order valence-electron chi connectivity index (χ3n) is 5.54. The van der Waals surface area contributed by atoms with Gasteiger partial charge in [-0.15, -0.1) is 0 Å². The molecule has 27 heavy (non-hydrogen) atoms. The summed E-state index contributed by atoms with van der Waals surface area (Å²) in [4.78, 5) is 26.9. The Balaban J connectivity index is 1.26. The zero-order chi connectivity index (χ0) is 18.8. The standard InChI is InChI=1S/C22H23FN2O2/c23-20-8-4-3-6-16(20)9-11-24-21(26)18-13-19(18)22(27)25-12-10-15-5-1-2-7-17(15)14-25/h1-8,18-19H,9-14H2,(H,24,26). The van der Waals surface area contributed by atoms with E-state index in [0.717, 1.165) is 6.42 Å². The fourth-order valence-corrected chi connectivity index (χ4v) is 3.83. The lowest BCUT2D eigenvalue weighted by Gasteiger charge is -2.29. The van der Waals surface area contributed by atoms with E-state index in [9.17, 15) is 14.0 Å². The van der Waals surface area contributed by atoms with Gasteiger partial charge in [-0.2, -0.15) is 0 Å². The van der Waals surface area contributed by atoms with Crippen LogP contribution in [0.5, 0.6) is 0 Å². The first-order valence-electron chi connectivity index (χ1n) is 9.50. The van der Waals surface area contributed by atoms with E-state index in [0.29, 0.717) is 38.0 Å². The van der Waals surface area contributed by atoms with Crippen molar-refractivity contribution in [2.45, 2.75) is 25.8 Å². The summed E-state index contributed by atoms with van der Waals surface area (Å²) in [5, 5.41) is 2.85. The molecule has 0 aromatic heterocycles. The van der Waals surface area contributed by atoms with E-state index in [1.165, 1.54) is 17.2 Å². The van der Waals surface area contributed by atoms with Crippen LogP contribution in [-0.2, 0) is 29.0 Å². The maximum Gasteiger partial charge on any atom is 0.226 e. The van der Waals surface area contributed by atoms with Crippen LogP contribution in [0.25, 0.3) is 0 Å². The van der Waals surface area contributed by atoms with Crippen molar-refractivity contribution in [2.75, 3.05) is 13.1 Å². The number of fused-ring (bicyclic) bond motifs is 1. The molecule has 1 fully saturated rings. The van der Waals surface area contributed by atoms with Gasteiger partial charge in [0.25, 0.3) is 0 Å². The Morgan fingerprint density at radius 1 is 1.04 bits per heavy atom. The average molecular weight is 366 g/mol. The van der Waals surface area contributed by atoms with Crippen LogP contribution in [0, 0.1) is 17.7 Å². The molecule has 1 saturated carbocycles. The van der Waals surface area contributed by atoms with Crippen molar-refractivity contribution in [1.82, 2.24) is 10.2 Å². The Bertz CT molecular complexity index is 867. The fourth-order valence-electron chi connectivity index (χ4n) is 3.83. The zero-order valence-electron chi connectivity index (χ0n) is 15.2. The van der Waals surface area contributed by atoms with E-state index in [2.05, 4.69) is 17.4 Å². The molecular weight excluding hydrogens is 343 g/mol. The Morgan fingerprint density at radius 2 is 1.78 bits per heavy atom. The van der Waals surface area contributed by atoms with Crippen molar-refractivity contribution in [2.24, 2.45) is 11.8 Å². The summed E-state index contributed by atoms with van der Waals surface area (Å²) in [5.41, 5.74) is 3.09. The molecule has 2 unspecified atom stereocenters. The first kappa shape index (κ1) is 17.7. The number of nitrogens with zero attached hydrogens (tertiary/aromatic N) is 1. The van der Waals surface area contributed by atoms with Crippen LogP contribution in [0.4, 0.5) is 4.39 Å². The summed E-state index contributed by atoms with van der Waals surface area (Å²) in [7, 11) is 0. The van der Waals surface area contributed by atoms with Crippen LogP contribution in [0.3, 0.4) is 0 Å². The van der Waals surface area contributed by atoms with Crippen LogP contribution in [0.1, 0.15) is 23.1 Å². The lowest BCUT2D eigenvalue weighted by Crippen LogP contribution is -2.38. The van der Waals surface area contributed by atoms with E-state index < -0.39 is 0 Å². The minimum Gasteiger partial charge on any atom is -0.356 e. The molecule has 1 aliphatic heterocycles. The summed E-state index contributed by atoms with van der Waals surface area (Å²) in [5.74, 6) is -0.712. The normalized spacial score (nSPS) is 20.7. The largest absolute Gasteiger partial charge is 0.356 e. The number of hydrogen-bond acceptors (Lipinski definition) is 2. The second kappa shape index (κ2) is 7.51. The van der Waals surface area contributed by atoms with Gasteiger partial charge in [0.1, 0.15) is 5.82 Å². The number of halogens is 1. The van der Waals surface area contributed by atoms with Crippen molar-refractivity contribution >= 4 is 11.8 Å². The molecule has 140 valence electrons. The number of benzene rings is 2. The van der Waals surface area contributed by atoms with E-state index in [-0.39, 0.29) is 29.5 Å². The molecule has 1 N–H and O–H groups in total. The van der Waals surface area contributed by atoms with E-state index in [4.69, 9.17) is 0 Å². The molecule has 2 amide bonds. The fraction of sp³-hybridized carbons (Fsp3) is 0.364. The van der Waals surface area contributed by atoms with E-state index in [1.54, 1.807) is 18.2 Å². The number of carbonyl (C=O) groups excluding carboxylic acids is 2. The molecule has 1 aliphatic carbocycles. The highest BCUT2D eigenvalue weighted by atomic mass is 19.1. The van der Waals surface area contributed by atoms with Gasteiger partial charge in [0.15, 0.2) is 0 Å². The molecule has 0 radical (unpaired) electrons. The Morgan fingerprint density at radius 3 is 2.59 bits per heavy atom. The third-order valence-corrected chi connectivity index (χ3v) is 5.54. The summed E-state index contributed by atoms with van der Waals surface area (Å²) in [6.45, 7) is 1.73. The van der Waals surface area contributed by atoms with Gasteiger partial charge in [-0.25, -0.2) is 4.39 Å². The molecule has 4 rings (SSSR count). The number of carbonyl (C=O) groups is 2. The quantitative estimate of drug-likeness (QED) is 0.885. The molecule has 4 nitrogen and oxygen atoms in total. The number of rotatable bonds is 5. The molecule has 0 saturated heterocycles. The monoisotopic (exact) mass is 366 g/mol. The molecule has 5 heteroatoms. The van der Waals surface area contributed by atoms with Crippen molar-refractivity contribution in [3.63, 3.8) is 0 Å². The zero-order valence-corrected chi connectivity index (χ0v) is 15.2. The molecular formula is C22H23FN2O2. The first-order valence-corrected chi connectivity index (χ1v) is 9.50. The predicted octanol–water partition coefficient (Wildman–Crippen LogP) is 2.71. The minimum atomic E-state index is -0.253. The lowest BCUT2D eigenvalue weighted by atomic mass is 9.99. The summed E-state index contributed by atoms with van der Waals surface area (Å²) in [6.07, 6.45) is 1.93. The van der Waals surface area contributed by atoms with Crippen molar-refractivity contribution in [3.05, 3.63) is 71.0 Å². The van der Waals surface area contributed by atoms with Gasteiger partial charge < -0.3 is 10.2 Å². The summed E-state index contributed by atoms with van der Waals surface area (Å²) < 4.78 is 13.6. The maximum absolute atomic E-state index is 13.6. The van der Waals surface area contributed by atoms with Crippen LogP contribution in [0.15, 0.2) is 48.5 Å². The second-order valence-corrected chi connectivity index (χ2v) is 7.36. The number of nitrogens with one attached hydrogen (secondary N) is 1. The Labute approximate surface area is 158 Å². The molecule has 0 bridgehead atoms. The van der Waals surface area contributed by atoms with E-state index >= 15 is 0 Å². The van der Waals surface area contributed by atoms with Crippen LogP contribution < -0.4 is 5.32 Å². The molecule has 2 aliphatic rings. The molecule has 2 aromatic rings. The van der Waals surface area contributed by atoms with Crippen LogP contribution in [0.2, 0.25) is 0 Å². The third kappa shape index (κ3) is 3.87. The molecule has 2 aromatic carbocycles. The molecule has 1 heterocycles. The SMILES string of the molecule is O=C(NCCc1ccccc1F)C1CC1C(=O)N1CCc2ccccc2C1. The van der Waals surface area contributed by atoms with Crippen LogP contribution >= 0.6 is 0 Å². The molecule has 0 spiro atoms. The second-order valence-electron chi connectivity index (χ2n) is 7.36. The van der Waals surface area contributed by atoms with Crippen molar-refractivity contribution in [1.29, 1.82) is 0 Å². The highest BCUT2D eigenvalue weighted by molar-refractivity contribution is 5.92. The van der Waals surface area contributed by atoms with Gasteiger partial charge >= 0.3 is 0 Å². The van der Waals surface area contributed by atoms with Gasteiger partial charge in [-0.05, 0) is 42.0 Å². The highest BCUT2D eigenvalue weighted by Gasteiger charge is 2.49. The van der Waals surface area contributed by atoms with Crippen LogP contribution in [-0.4, -0.2) is 29.8 Å². The topological polar surface area (TPSA) is 49.4 Å². The smallest absolute Gasteiger partial charge is 0.226 e. The van der Waals surface area contributed by atoms with Crippen molar-refractivity contribution in [3.8, 4) is 0 Å². The highest BCUT2D eigenvalue weighted by Crippen LogP contribution is 2.40. The number of hydrogen-bond donors (Lipinski definition) is 1. The summed E-state index contributed by atoms with van der Waals surface area (Å²) >= 11 is 0. The Kier molecular flexibility index (Phi) is 4.92. The van der Waals surface area contributed by atoms with Crippen molar-refractivity contribution < 1.29 is 14.0 Å². The predicted molar refractivity (Wildman–Crippen MR) is 100 cm³/mol.